The Labute approximate surface area is 132 Å². The average molecular weight is 325 g/mol. The van der Waals surface area contributed by atoms with Crippen molar-refractivity contribution in [3.63, 3.8) is 0 Å². The highest BCUT2D eigenvalue weighted by atomic mass is 16.4. The number of aliphatic hydroxyl groups is 4. The summed E-state index contributed by atoms with van der Waals surface area (Å²) in [4.78, 5) is 22.2. The van der Waals surface area contributed by atoms with Crippen molar-refractivity contribution >= 4 is 18.0 Å². The summed E-state index contributed by atoms with van der Waals surface area (Å²) < 4.78 is 0. The van der Waals surface area contributed by atoms with Crippen LogP contribution in [0.25, 0.3) is 6.08 Å². The van der Waals surface area contributed by atoms with Gasteiger partial charge >= 0.3 is 5.97 Å². The first kappa shape index (κ1) is 18.8. The fourth-order valence-electron chi connectivity index (χ4n) is 1.74. The molecule has 1 rings (SSSR count). The first-order valence-corrected chi connectivity index (χ1v) is 6.72. The van der Waals surface area contributed by atoms with E-state index in [1.165, 1.54) is 0 Å². The molecule has 0 radical (unpaired) electrons. The van der Waals surface area contributed by atoms with Crippen LogP contribution in [0.4, 0.5) is 0 Å². The molecule has 0 unspecified atom stereocenters. The van der Waals surface area contributed by atoms with Gasteiger partial charge in [-0.15, -0.1) is 0 Å². The Morgan fingerprint density at radius 1 is 1.04 bits per heavy atom. The average Bonchev–Trinajstić information content (AvgIpc) is 2.57. The Kier molecular flexibility index (Phi) is 6.86. The number of benzene rings is 1. The predicted molar refractivity (Wildman–Crippen MR) is 80.0 cm³/mol. The normalized spacial score (nSPS) is 16.0. The van der Waals surface area contributed by atoms with E-state index >= 15 is 0 Å². The molecule has 0 aromatic heterocycles. The molecule has 1 aromatic rings. The molecule has 8 heteroatoms. The van der Waals surface area contributed by atoms with Crippen LogP contribution >= 0.6 is 0 Å². The molecule has 0 aliphatic heterocycles. The number of rotatable bonds is 8. The first-order chi connectivity index (χ1) is 10.8. The van der Waals surface area contributed by atoms with Crippen molar-refractivity contribution in [1.29, 1.82) is 0 Å². The molecule has 0 fully saturated rings. The van der Waals surface area contributed by atoms with E-state index in [1.54, 1.807) is 30.3 Å². The third-order valence-electron chi connectivity index (χ3n) is 3.20. The van der Waals surface area contributed by atoms with Crippen molar-refractivity contribution in [2.45, 2.75) is 31.0 Å². The molecule has 0 heterocycles. The lowest BCUT2D eigenvalue weighted by atomic mass is 10.0. The van der Waals surface area contributed by atoms with Gasteiger partial charge in [0.2, 0.25) is 0 Å². The number of carbonyl (C=O) groups excluding carboxylic acids is 1. The van der Waals surface area contributed by atoms with Gasteiger partial charge in [-0.05, 0) is 11.1 Å². The third-order valence-corrected chi connectivity index (χ3v) is 3.20. The van der Waals surface area contributed by atoms with Gasteiger partial charge in [-0.25, -0.2) is 4.79 Å². The maximum atomic E-state index is 11.7. The van der Waals surface area contributed by atoms with Crippen LogP contribution < -0.4 is 5.32 Å². The second-order valence-electron chi connectivity index (χ2n) is 4.87. The summed E-state index contributed by atoms with van der Waals surface area (Å²) in [5.74, 6) is -2.80. The maximum absolute atomic E-state index is 11.7. The molecule has 4 atom stereocenters. The Balaban J connectivity index is 2.58. The van der Waals surface area contributed by atoms with Crippen molar-refractivity contribution in [2.75, 3.05) is 0 Å². The van der Waals surface area contributed by atoms with Gasteiger partial charge in [0.25, 0.3) is 5.91 Å². The summed E-state index contributed by atoms with van der Waals surface area (Å²) in [5.41, 5.74) is 1.61. The van der Waals surface area contributed by atoms with E-state index in [1.807, 2.05) is 0 Å². The van der Waals surface area contributed by atoms with Crippen molar-refractivity contribution in [3.05, 3.63) is 42.0 Å². The van der Waals surface area contributed by atoms with E-state index in [9.17, 15) is 24.9 Å². The Morgan fingerprint density at radius 2 is 1.57 bits per heavy atom. The lowest BCUT2D eigenvalue weighted by molar-refractivity contribution is -0.166. The van der Waals surface area contributed by atoms with Crippen LogP contribution in [-0.2, 0) is 16.1 Å². The minimum absolute atomic E-state index is 0.0532. The largest absolute Gasteiger partial charge is 0.479 e. The number of aliphatic carboxylic acids is 1. The minimum Gasteiger partial charge on any atom is -0.479 e. The summed E-state index contributed by atoms with van der Waals surface area (Å²) >= 11 is 0. The Morgan fingerprint density at radius 3 is 2.04 bits per heavy atom. The number of amides is 1. The highest BCUT2D eigenvalue weighted by Crippen LogP contribution is 2.08. The van der Waals surface area contributed by atoms with E-state index in [0.717, 1.165) is 11.1 Å². The zero-order chi connectivity index (χ0) is 17.6. The molecule has 0 bridgehead atoms. The monoisotopic (exact) mass is 325 g/mol. The molecule has 0 saturated carbocycles. The summed E-state index contributed by atoms with van der Waals surface area (Å²) in [6.07, 6.45) is -7.12. The molecule has 23 heavy (non-hydrogen) atoms. The molecule has 0 aliphatic rings. The van der Waals surface area contributed by atoms with E-state index in [4.69, 9.17) is 10.2 Å². The van der Waals surface area contributed by atoms with Gasteiger partial charge in [-0.2, -0.15) is 0 Å². The van der Waals surface area contributed by atoms with Gasteiger partial charge < -0.3 is 30.8 Å². The molecule has 0 saturated heterocycles. The minimum atomic E-state index is -2.32. The number of carbonyl (C=O) groups is 2. The van der Waals surface area contributed by atoms with E-state index in [2.05, 4.69) is 11.9 Å². The summed E-state index contributed by atoms with van der Waals surface area (Å²) in [7, 11) is 0. The number of carboxylic acids is 1. The molecule has 0 aliphatic carbocycles. The molecule has 1 amide bonds. The van der Waals surface area contributed by atoms with Crippen molar-refractivity contribution in [3.8, 4) is 0 Å². The Hall–Kier alpha value is -2.26. The molecular weight excluding hydrogens is 306 g/mol. The van der Waals surface area contributed by atoms with Crippen LogP contribution in [0.3, 0.4) is 0 Å². The smallest absolute Gasteiger partial charge is 0.335 e. The number of hydrogen-bond acceptors (Lipinski definition) is 6. The molecule has 126 valence electrons. The Bertz CT molecular complexity index is 557. The van der Waals surface area contributed by atoms with Crippen LogP contribution in [-0.4, -0.2) is 61.8 Å². The molecule has 0 spiro atoms. The molecule has 8 nitrogen and oxygen atoms in total. The number of carboxylic acid groups (broad SMARTS) is 1. The second kappa shape index (κ2) is 8.39. The van der Waals surface area contributed by atoms with Gasteiger partial charge in [0.15, 0.2) is 12.2 Å². The fraction of sp³-hybridized carbons (Fsp3) is 0.333. The summed E-state index contributed by atoms with van der Waals surface area (Å²) in [6.45, 7) is 3.66. The second-order valence-corrected chi connectivity index (χ2v) is 4.87. The van der Waals surface area contributed by atoms with Crippen molar-refractivity contribution in [2.24, 2.45) is 0 Å². The van der Waals surface area contributed by atoms with E-state index in [-0.39, 0.29) is 6.54 Å². The van der Waals surface area contributed by atoms with Gasteiger partial charge in [-0.1, -0.05) is 36.9 Å². The van der Waals surface area contributed by atoms with Crippen LogP contribution in [0.2, 0.25) is 0 Å². The van der Waals surface area contributed by atoms with Gasteiger partial charge in [-0.3, -0.25) is 4.79 Å². The molecule has 6 N–H and O–H groups in total. The summed E-state index contributed by atoms with van der Waals surface area (Å²) in [6, 6.07) is 6.99. The number of aliphatic hydroxyl groups excluding tert-OH is 4. The third kappa shape index (κ3) is 5.15. The van der Waals surface area contributed by atoms with E-state index in [0.29, 0.717) is 0 Å². The predicted octanol–water partition coefficient (Wildman–Crippen LogP) is -1.53. The summed E-state index contributed by atoms with van der Waals surface area (Å²) in [5, 5.41) is 48.5. The van der Waals surface area contributed by atoms with Crippen LogP contribution in [0.5, 0.6) is 0 Å². The quantitative estimate of drug-likeness (QED) is 0.340. The molecular formula is C15H19NO7. The van der Waals surface area contributed by atoms with E-state index < -0.39 is 36.3 Å². The van der Waals surface area contributed by atoms with Gasteiger partial charge in [0, 0.05) is 6.54 Å². The fourth-order valence-corrected chi connectivity index (χ4v) is 1.74. The van der Waals surface area contributed by atoms with Crippen LogP contribution in [0.15, 0.2) is 30.8 Å². The number of hydrogen-bond donors (Lipinski definition) is 6. The van der Waals surface area contributed by atoms with Gasteiger partial charge in [0.1, 0.15) is 12.2 Å². The van der Waals surface area contributed by atoms with Gasteiger partial charge in [0.05, 0.1) is 0 Å². The zero-order valence-corrected chi connectivity index (χ0v) is 12.2. The zero-order valence-electron chi connectivity index (χ0n) is 12.2. The standard InChI is InChI=1S/C15H19NO7/c1-2-8-3-5-9(6-4-8)7-16-14(21)12(19)10(17)11(18)13(20)15(22)23/h2-6,10-13,17-20H,1,7H2,(H,16,21)(H,22,23)/t10-,11-,12-,13-/m0/s1. The highest BCUT2D eigenvalue weighted by molar-refractivity contribution is 5.81. The van der Waals surface area contributed by atoms with Crippen molar-refractivity contribution < 1.29 is 35.1 Å². The first-order valence-electron chi connectivity index (χ1n) is 6.72. The lowest BCUT2D eigenvalue weighted by Gasteiger charge is -2.24. The molecule has 1 aromatic carbocycles. The topological polar surface area (TPSA) is 147 Å². The number of nitrogens with one attached hydrogen (secondary N) is 1. The SMILES string of the molecule is C=Cc1ccc(CNC(=O)[C@@H](O)[C@@H](O)[C@H](O)[C@H](O)C(=O)O)cc1. The van der Waals surface area contributed by atoms with Crippen LogP contribution in [0.1, 0.15) is 11.1 Å². The van der Waals surface area contributed by atoms with Crippen LogP contribution in [0, 0.1) is 0 Å². The maximum Gasteiger partial charge on any atom is 0.335 e. The highest BCUT2D eigenvalue weighted by Gasteiger charge is 2.37. The lowest BCUT2D eigenvalue weighted by Crippen LogP contribution is -2.52. The van der Waals surface area contributed by atoms with Crippen molar-refractivity contribution in [1.82, 2.24) is 5.32 Å².